The molecule has 0 unspecified atom stereocenters. The Bertz CT molecular complexity index is 1270. The lowest BCUT2D eigenvalue weighted by molar-refractivity contribution is 0.0996. The molecule has 0 fully saturated rings. The fraction of sp³-hybridized carbons (Fsp3) is 0.231. The van der Waals surface area contributed by atoms with E-state index in [0.29, 0.717) is 31.0 Å². The molecule has 0 aliphatic carbocycles. The summed E-state index contributed by atoms with van der Waals surface area (Å²) in [7, 11) is -3.74. The molecule has 0 radical (unpaired) electrons. The molecule has 7 nitrogen and oxygen atoms in total. The van der Waals surface area contributed by atoms with Crippen LogP contribution in [-0.4, -0.2) is 44.1 Å². The molecule has 0 aromatic heterocycles. The molecule has 3 aromatic carbocycles. The SMILES string of the molecule is CCOc1ccc(S(=O)(=O)N(CC)CC)cc1NC(=O)c1ccccc1C(=O)c1ccccc1. The van der Waals surface area contributed by atoms with Crippen LogP contribution in [0.15, 0.2) is 77.7 Å². The second-order valence-corrected chi connectivity index (χ2v) is 9.31. The maximum absolute atomic E-state index is 13.3. The Morgan fingerprint density at radius 3 is 2.09 bits per heavy atom. The lowest BCUT2D eigenvalue weighted by Gasteiger charge is -2.20. The number of rotatable bonds is 10. The second kappa shape index (κ2) is 11.1. The van der Waals surface area contributed by atoms with Gasteiger partial charge in [0.25, 0.3) is 5.91 Å². The summed E-state index contributed by atoms with van der Waals surface area (Å²) in [6, 6.07) is 19.6. The van der Waals surface area contributed by atoms with Gasteiger partial charge in [0.15, 0.2) is 5.78 Å². The van der Waals surface area contributed by atoms with Gasteiger partial charge in [-0.2, -0.15) is 4.31 Å². The van der Waals surface area contributed by atoms with Crippen molar-refractivity contribution in [3.8, 4) is 5.75 Å². The number of carbonyl (C=O) groups excluding carboxylic acids is 2. The maximum atomic E-state index is 13.3. The van der Waals surface area contributed by atoms with Crippen LogP contribution in [0.1, 0.15) is 47.1 Å². The van der Waals surface area contributed by atoms with E-state index in [1.165, 1.54) is 22.5 Å². The van der Waals surface area contributed by atoms with E-state index in [0.717, 1.165) is 0 Å². The van der Waals surface area contributed by atoms with Crippen molar-refractivity contribution >= 4 is 27.4 Å². The minimum Gasteiger partial charge on any atom is -0.492 e. The lowest BCUT2D eigenvalue weighted by atomic mass is 9.98. The molecule has 3 rings (SSSR count). The number of nitrogens with zero attached hydrogens (tertiary/aromatic N) is 1. The van der Waals surface area contributed by atoms with Crippen molar-refractivity contribution in [1.29, 1.82) is 0 Å². The van der Waals surface area contributed by atoms with E-state index in [2.05, 4.69) is 5.32 Å². The largest absolute Gasteiger partial charge is 0.492 e. The molecule has 0 aliphatic rings. The number of hydrogen-bond donors (Lipinski definition) is 1. The predicted octanol–water partition coefficient (Wildman–Crippen LogP) is 4.60. The monoisotopic (exact) mass is 480 g/mol. The van der Waals surface area contributed by atoms with Crippen molar-refractivity contribution in [1.82, 2.24) is 4.31 Å². The zero-order chi connectivity index (χ0) is 24.7. The molecule has 0 atom stereocenters. The summed E-state index contributed by atoms with van der Waals surface area (Å²) in [5.74, 6) is -0.492. The molecule has 0 heterocycles. The lowest BCUT2D eigenvalue weighted by Crippen LogP contribution is -2.30. The molecule has 178 valence electrons. The van der Waals surface area contributed by atoms with E-state index >= 15 is 0 Å². The van der Waals surface area contributed by atoms with Gasteiger partial charge in [-0.1, -0.05) is 62.4 Å². The molecule has 0 spiro atoms. The van der Waals surface area contributed by atoms with E-state index in [1.54, 1.807) is 69.3 Å². The van der Waals surface area contributed by atoms with Crippen LogP contribution < -0.4 is 10.1 Å². The standard InChI is InChI=1S/C26H28N2O5S/c1-4-28(5-2)34(31,32)20-16-17-24(33-6-3)23(18-20)27-26(30)22-15-11-10-14-21(22)25(29)19-12-8-7-9-13-19/h7-18H,4-6H2,1-3H3,(H,27,30). The number of anilines is 1. The fourth-order valence-corrected chi connectivity index (χ4v) is 5.06. The quantitative estimate of drug-likeness (QED) is 0.428. The van der Waals surface area contributed by atoms with Crippen molar-refractivity contribution in [2.24, 2.45) is 0 Å². The number of benzene rings is 3. The number of sulfonamides is 1. The fourth-order valence-electron chi connectivity index (χ4n) is 3.57. The summed E-state index contributed by atoms with van der Waals surface area (Å²) in [6.07, 6.45) is 0. The molecule has 0 aliphatic heterocycles. The van der Waals surface area contributed by atoms with Crippen molar-refractivity contribution < 1.29 is 22.7 Å². The summed E-state index contributed by atoms with van der Waals surface area (Å²) in [5, 5.41) is 2.75. The van der Waals surface area contributed by atoms with Gasteiger partial charge in [0.05, 0.1) is 22.8 Å². The molecule has 0 saturated carbocycles. The van der Waals surface area contributed by atoms with E-state index in [-0.39, 0.29) is 27.5 Å². The molecule has 8 heteroatoms. The zero-order valence-electron chi connectivity index (χ0n) is 19.4. The van der Waals surface area contributed by atoms with Crippen LogP contribution in [0.2, 0.25) is 0 Å². The summed E-state index contributed by atoms with van der Waals surface area (Å²) in [6.45, 7) is 6.29. The Morgan fingerprint density at radius 2 is 1.47 bits per heavy atom. The molecule has 34 heavy (non-hydrogen) atoms. The van der Waals surface area contributed by atoms with Gasteiger partial charge in [-0.3, -0.25) is 9.59 Å². The average molecular weight is 481 g/mol. The molecule has 3 aromatic rings. The highest BCUT2D eigenvalue weighted by Gasteiger charge is 2.24. The van der Waals surface area contributed by atoms with E-state index in [1.807, 2.05) is 6.07 Å². The zero-order valence-corrected chi connectivity index (χ0v) is 20.3. The molecular formula is C26H28N2O5S. The summed E-state index contributed by atoms with van der Waals surface area (Å²) >= 11 is 0. The van der Waals surface area contributed by atoms with Crippen LogP contribution in [-0.2, 0) is 10.0 Å². The van der Waals surface area contributed by atoms with Gasteiger partial charge in [0.2, 0.25) is 10.0 Å². The first kappa shape index (κ1) is 25.1. The normalized spacial score (nSPS) is 11.3. The van der Waals surface area contributed by atoms with Gasteiger partial charge in [0, 0.05) is 24.2 Å². The highest BCUT2D eigenvalue weighted by atomic mass is 32.2. The van der Waals surface area contributed by atoms with Crippen LogP contribution in [0.25, 0.3) is 0 Å². The smallest absolute Gasteiger partial charge is 0.256 e. The van der Waals surface area contributed by atoms with Crippen molar-refractivity contribution in [3.05, 3.63) is 89.5 Å². The van der Waals surface area contributed by atoms with Gasteiger partial charge in [-0.25, -0.2) is 8.42 Å². The van der Waals surface area contributed by atoms with E-state index in [4.69, 9.17) is 4.74 Å². The highest BCUT2D eigenvalue weighted by Crippen LogP contribution is 2.30. The number of ether oxygens (including phenoxy) is 1. The average Bonchev–Trinajstić information content (AvgIpc) is 2.85. The Hall–Kier alpha value is -3.49. The molecule has 1 N–H and O–H groups in total. The minimum absolute atomic E-state index is 0.0450. The summed E-state index contributed by atoms with van der Waals surface area (Å²) in [5.41, 5.74) is 1.10. The Labute approximate surface area is 200 Å². The molecule has 0 bridgehead atoms. The summed E-state index contributed by atoms with van der Waals surface area (Å²) < 4.78 is 32.9. The second-order valence-electron chi connectivity index (χ2n) is 7.38. The van der Waals surface area contributed by atoms with Crippen molar-refractivity contribution in [3.63, 3.8) is 0 Å². The molecule has 1 amide bonds. The van der Waals surface area contributed by atoms with Crippen LogP contribution >= 0.6 is 0 Å². The predicted molar refractivity (Wildman–Crippen MR) is 132 cm³/mol. The van der Waals surface area contributed by atoms with Crippen LogP contribution in [0.5, 0.6) is 5.75 Å². The first-order chi connectivity index (χ1) is 16.3. The first-order valence-corrected chi connectivity index (χ1v) is 12.5. The number of amides is 1. The molecule has 0 saturated heterocycles. The number of nitrogens with one attached hydrogen (secondary N) is 1. The van der Waals surface area contributed by atoms with Gasteiger partial charge in [-0.05, 0) is 31.2 Å². The Balaban J connectivity index is 2.00. The van der Waals surface area contributed by atoms with Gasteiger partial charge in [-0.15, -0.1) is 0 Å². The van der Waals surface area contributed by atoms with E-state index < -0.39 is 15.9 Å². The third-order valence-corrected chi connectivity index (χ3v) is 7.34. The number of carbonyl (C=O) groups is 2. The van der Waals surface area contributed by atoms with Crippen LogP contribution in [0.3, 0.4) is 0 Å². The highest BCUT2D eigenvalue weighted by molar-refractivity contribution is 7.89. The van der Waals surface area contributed by atoms with Gasteiger partial charge in [0.1, 0.15) is 5.75 Å². The number of hydrogen-bond acceptors (Lipinski definition) is 5. The third kappa shape index (κ3) is 5.35. The van der Waals surface area contributed by atoms with Crippen LogP contribution in [0.4, 0.5) is 5.69 Å². The van der Waals surface area contributed by atoms with Crippen molar-refractivity contribution in [2.75, 3.05) is 25.0 Å². The van der Waals surface area contributed by atoms with Gasteiger partial charge >= 0.3 is 0 Å². The topological polar surface area (TPSA) is 92.8 Å². The maximum Gasteiger partial charge on any atom is 0.256 e. The van der Waals surface area contributed by atoms with Crippen molar-refractivity contribution in [2.45, 2.75) is 25.7 Å². The van der Waals surface area contributed by atoms with Gasteiger partial charge < -0.3 is 10.1 Å². The Kier molecular flexibility index (Phi) is 8.20. The third-order valence-electron chi connectivity index (χ3n) is 5.29. The van der Waals surface area contributed by atoms with E-state index in [9.17, 15) is 18.0 Å². The minimum atomic E-state index is -3.74. The Morgan fingerprint density at radius 1 is 0.853 bits per heavy atom. The van der Waals surface area contributed by atoms with Crippen LogP contribution in [0, 0.1) is 0 Å². The summed E-state index contributed by atoms with van der Waals surface area (Å²) in [4.78, 5) is 26.3. The first-order valence-electron chi connectivity index (χ1n) is 11.1. The molecular weight excluding hydrogens is 452 g/mol. The number of ketones is 1.